The van der Waals surface area contributed by atoms with Crippen molar-refractivity contribution in [2.24, 2.45) is 0 Å². The maximum atomic E-state index is 5.17. The van der Waals surface area contributed by atoms with Crippen LogP contribution < -0.4 is 0 Å². The molecule has 0 atom stereocenters. The lowest BCUT2D eigenvalue weighted by Gasteiger charge is -2.12. The number of hydrogen-bond acceptors (Lipinski definition) is 3. The summed E-state index contributed by atoms with van der Waals surface area (Å²) in [6.45, 7) is 0. The van der Waals surface area contributed by atoms with E-state index in [0.29, 0.717) is 17.5 Å². The van der Waals surface area contributed by atoms with Crippen molar-refractivity contribution in [2.45, 2.75) is 0 Å². The minimum atomic E-state index is 0.617. The lowest BCUT2D eigenvalue weighted by Crippen LogP contribution is -2.00. The minimum absolute atomic E-state index is 0.617. The molecule has 0 amide bonds. The molecule has 4 heteroatoms. The predicted molar refractivity (Wildman–Crippen MR) is 252 cm³/mol. The Balaban J connectivity index is 1.02. The van der Waals surface area contributed by atoms with Crippen LogP contribution in [0.1, 0.15) is 0 Å². The second-order valence-corrected chi connectivity index (χ2v) is 15.3. The zero-order chi connectivity index (χ0) is 40.5. The molecular formula is C57H38N4. The zero-order valence-electron chi connectivity index (χ0n) is 33.2. The zero-order valence-corrected chi connectivity index (χ0v) is 33.2. The van der Waals surface area contributed by atoms with E-state index in [1.165, 1.54) is 44.2 Å². The molecule has 0 fully saturated rings. The number of benzene rings is 9. The smallest absolute Gasteiger partial charge is 0.164 e. The first-order valence-corrected chi connectivity index (χ1v) is 20.6. The van der Waals surface area contributed by atoms with Gasteiger partial charge in [0.2, 0.25) is 0 Å². The van der Waals surface area contributed by atoms with Crippen molar-refractivity contribution in [3.8, 4) is 84.4 Å². The van der Waals surface area contributed by atoms with Crippen molar-refractivity contribution in [1.29, 1.82) is 0 Å². The van der Waals surface area contributed by atoms with Gasteiger partial charge < -0.3 is 4.57 Å². The number of rotatable bonds is 8. The van der Waals surface area contributed by atoms with E-state index in [0.717, 1.165) is 44.5 Å². The van der Waals surface area contributed by atoms with Gasteiger partial charge in [0.15, 0.2) is 17.5 Å². The lowest BCUT2D eigenvalue weighted by molar-refractivity contribution is 1.07. The van der Waals surface area contributed by atoms with Crippen LogP contribution in [0.25, 0.3) is 106 Å². The Bertz CT molecular complexity index is 3200. The summed E-state index contributed by atoms with van der Waals surface area (Å²) in [5.41, 5.74) is 15.5. The molecule has 286 valence electrons. The number of aromatic nitrogens is 4. The normalized spacial score (nSPS) is 11.3. The van der Waals surface area contributed by atoms with Crippen molar-refractivity contribution in [3.63, 3.8) is 0 Å². The number of nitrogens with zero attached hydrogens (tertiary/aromatic N) is 4. The quantitative estimate of drug-likeness (QED) is 0.154. The fraction of sp³-hybridized carbons (Fsp3) is 0. The molecule has 0 radical (unpaired) electrons. The van der Waals surface area contributed by atoms with Crippen molar-refractivity contribution in [3.05, 3.63) is 231 Å². The summed E-state index contributed by atoms with van der Waals surface area (Å²) >= 11 is 0. The first kappa shape index (κ1) is 35.9. The average Bonchev–Trinajstić information content (AvgIpc) is 3.68. The van der Waals surface area contributed by atoms with Gasteiger partial charge in [-0.2, -0.15) is 0 Å². The predicted octanol–water partition coefficient (Wildman–Crippen LogP) is 14.6. The van der Waals surface area contributed by atoms with Crippen LogP contribution in [0.5, 0.6) is 0 Å². The van der Waals surface area contributed by atoms with Gasteiger partial charge in [-0.1, -0.05) is 200 Å². The van der Waals surface area contributed by atoms with E-state index in [4.69, 9.17) is 15.0 Å². The van der Waals surface area contributed by atoms with Gasteiger partial charge in [-0.05, 0) is 74.8 Å². The molecule has 0 aliphatic rings. The third kappa shape index (κ3) is 6.96. The van der Waals surface area contributed by atoms with Crippen LogP contribution in [0.3, 0.4) is 0 Å². The first-order valence-electron chi connectivity index (χ1n) is 20.6. The molecule has 0 saturated heterocycles. The van der Waals surface area contributed by atoms with E-state index in [1.807, 2.05) is 12.1 Å². The highest BCUT2D eigenvalue weighted by Crippen LogP contribution is 2.36. The SMILES string of the molecule is c1ccc(-c2ccc(-c3nc(-c4ccc(-c5ccccc5)cc4)nc(-c4ccc5c6ccccc6n(-c6ccc(-c7cccc(-c8ccccc8)c7)cc6)c5c4)n3)cc2)cc1. The van der Waals surface area contributed by atoms with Crippen molar-refractivity contribution in [1.82, 2.24) is 19.5 Å². The second kappa shape index (κ2) is 15.5. The summed E-state index contributed by atoms with van der Waals surface area (Å²) in [5, 5.41) is 2.36. The molecule has 0 N–H and O–H groups in total. The van der Waals surface area contributed by atoms with Gasteiger partial charge in [0.1, 0.15) is 0 Å². The third-order valence-corrected chi connectivity index (χ3v) is 11.5. The van der Waals surface area contributed by atoms with Gasteiger partial charge in [0.05, 0.1) is 11.0 Å². The third-order valence-electron chi connectivity index (χ3n) is 11.5. The molecule has 9 aromatic carbocycles. The number of hydrogen-bond donors (Lipinski definition) is 0. The van der Waals surface area contributed by atoms with Crippen LogP contribution >= 0.6 is 0 Å². The number of fused-ring (bicyclic) bond motifs is 3. The molecule has 0 bridgehead atoms. The van der Waals surface area contributed by atoms with Crippen molar-refractivity contribution < 1.29 is 0 Å². The van der Waals surface area contributed by atoms with Crippen molar-refractivity contribution >= 4 is 21.8 Å². The number of para-hydroxylation sites is 1. The second-order valence-electron chi connectivity index (χ2n) is 15.3. The van der Waals surface area contributed by atoms with Gasteiger partial charge in [0, 0.05) is 33.2 Å². The molecule has 2 heterocycles. The maximum Gasteiger partial charge on any atom is 0.164 e. The molecular weight excluding hydrogens is 741 g/mol. The summed E-state index contributed by atoms with van der Waals surface area (Å²) in [6, 6.07) is 81.2. The monoisotopic (exact) mass is 778 g/mol. The van der Waals surface area contributed by atoms with E-state index < -0.39 is 0 Å². The van der Waals surface area contributed by atoms with Gasteiger partial charge in [-0.25, -0.2) is 15.0 Å². The molecule has 11 rings (SSSR count). The van der Waals surface area contributed by atoms with E-state index in [1.54, 1.807) is 0 Å². The highest BCUT2D eigenvalue weighted by molar-refractivity contribution is 6.10. The largest absolute Gasteiger partial charge is 0.309 e. The highest BCUT2D eigenvalue weighted by Gasteiger charge is 2.17. The topological polar surface area (TPSA) is 43.6 Å². The molecule has 11 aromatic rings. The van der Waals surface area contributed by atoms with E-state index in [9.17, 15) is 0 Å². The van der Waals surface area contributed by atoms with Crippen LogP contribution in [0.2, 0.25) is 0 Å². The minimum Gasteiger partial charge on any atom is -0.309 e. The summed E-state index contributed by atoms with van der Waals surface area (Å²) in [7, 11) is 0. The summed E-state index contributed by atoms with van der Waals surface area (Å²) in [6.07, 6.45) is 0. The van der Waals surface area contributed by atoms with Crippen molar-refractivity contribution in [2.75, 3.05) is 0 Å². The molecule has 0 saturated carbocycles. The summed E-state index contributed by atoms with van der Waals surface area (Å²) < 4.78 is 2.35. The fourth-order valence-corrected chi connectivity index (χ4v) is 8.35. The molecule has 2 aromatic heterocycles. The summed E-state index contributed by atoms with van der Waals surface area (Å²) in [5.74, 6) is 1.87. The lowest BCUT2D eigenvalue weighted by atomic mass is 9.99. The van der Waals surface area contributed by atoms with Crippen LogP contribution in [0.15, 0.2) is 231 Å². The van der Waals surface area contributed by atoms with Crippen LogP contribution in [0, 0.1) is 0 Å². The van der Waals surface area contributed by atoms with E-state index in [2.05, 4.69) is 223 Å². The molecule has 61 heavy (non-hydrogen) atoms. The standard InChI is InChI=1S/C57H38N4/c1-4-13-39(14-5-1)42-23-27-45(28-24-42)55-58-56(46-29-25-43(26-30-46)40-15-6-2-7-16-40)60-57(59-55)49-33-36-52-51-21-10-11-22-53(51)61(54(52)38-49)50-34-31-44(32-35-50)48-20-12-19-47(37-48)41-17-8-3-9-18-41/h1-38H. The maximum absolute atomic E-state index is 5.17. The molecule has 0 aliphatic heterocycles. The van der Waals surface area contributed by atoms with Gasteiger partial charge in [0.25, 0.3) is 0 Å². The van der Waals surface area contributed by atoms with Crippen LogP contribution in [-0.4, -0.2) is 19.5 Å². The Hall–Kier alpha value is -8.21. The Morgan fingerprint density at radius 2 is 0.590 bits per heavy atom. The molecule has 4 nitrogen and oxygen atoms in total. The van der Waals surface area contributed by atoms with Gasteiger partial charge >= 0.3 is 0 Å². The van der Waals surface area contributed by atoms with E-state index in [-0.39, 0.29) is 0 Å². The average molecular weight is 779 g/mol. The van der Waals surface area contributed by atoms with Gasteiger partial charge in [-0.15, -0.1) is 0 Å². The Morgan fingerprint density at radius 1 is 0.230 bits per heavy atom. The molecule has 0 aliphatic carbocycles. The van der Waals surface area contributed by atoms with Crippen LogP contribution in [-0.2, 0) is 0 Å². The Labute approximate surface area is 354 Å². The fourth-order valence-electron chi connectivity index (χ4n) is 8.35. The first-order chi connectivity index (χ1) is 30.2. The highest BCUT2D eigenvalue weighted by atomic mass is 15.0. The van der Waals surface area contributed by atoms with E-state index >= 15 is 0 Å². The molecule has 0 unspecified atom stereocenters. The van der Waals surface area contributed by atoms with Crippen LogP contribution in [0.4, 0.5) is 0 Å². The molecule has 0 spiro atoms. The Morgan fingerprint density at radius 3 is 1.13 bits per heavy atom. The summed E-state index contributed by atoms with van der Waals surface area (Å²) in [4.78, 5) is 15.4. The Kier molecular flexibility index (Phi) is 9.14. The van der Waals surface area contributed by atoms with Gasteiger partial charge in [-0.3, -0.25) is 0 Å².